The van der Waals surface area contributed by atoms with Gasteiger partial charge in [0.1, 0.15) is 5.82 Å². The Labute approximate surface area is 129 Å². The maximum atomic E-state index is 13.7. The number of rotatable bonds is 7. The predicted octanol–water partition coefficient (Wildman–Crippen LogP) is 1.48. The van der Waals surface area contributed by atoms with Gasteiger partial charge < -0.3 is 5.73 Å². The van der Waals surface area contributed by atoms with Crippen LogP contribution >= 0.6 is 11.6 Å². The number of benzene rings is 1. The van der Waals surface area contributed by atoms with Gasteiger partial charge in [-0.2, -0.15) is 12.7 Å². The van der Waals surface area contributed by atoms with Gasteiger partial charge in [0.05, 0.1) is 0 Å². The zero-order chi connectivity index (χ0) is 15.6. The van der Waals surface area contributed by atoms with Gasteiger partial charge in [-0.3, -0.25) is 0 Å². The summed E-state index contributed by atoms with van der Waals surface area (Å²) in [7, 11) is -2.35. The molecule has 0 heterocycles. The van der Waals surface area contributed by atoms with Crippen LogP contribution in [0.15, 0.2) is 18.2 Å². The van der Waals surface area contributed by atoms with Crippen LogP contribution in [0.4, 0.5) is 4.39 Å². The van der Waals surface area contributed by atoms with Crippen LogP contribution in [0.5, 0.6) is 0 Å². The lowest BCUT2D eigenvalue weighted by atomic mass is 10.2. The molecule has 1 aromatic rings. The van der Waals surface area contributed by atoms with Crippen LogP contribution in [0.3, 0.4) is 0 Å². The highest BCUT2D eigenvalue weighted by atomic mass is 35.5. The second-order valence-electron chi connectivity index (χ2n) is 5.31. The van der Waals surface area contributed by atoms with E-state index in [2.05, 4.69) is 4.72 Å². The molecule has 118 valence electrons. The molecule has 1 fully saturated rings. The third-order valence-electron chi connectivity index (χ3n) is 3.58. The normalized spacial score (nSPS) is 17.2. The summed E-state index contributed by atoms with van der Waals surface area (Å²) in [5.74, 6) is -0.127. The Morgan fingerprint density at radius 3 is 2.76 bits per heavy atom. The Bertz CT molecular complexity index is 587. The fraction of sp³-hybridized carbons (Fsp3) is 0.538. The smallest absolute Gasteiger partial charge is 0.279 e. The van der Waals surface area contributed by atoms with E-state index in [1.165, 1.54) is 25.2 Å². The quantitative estimate of drug-likeness (QED) is 0.792. The Kier molecular flexibility index (Phi) is 5.21. The molecule has 2 rings (SSSR count). The van der Waals surface area contributed by atoms with Crippen molar-refractivity contribution in [3.8, 4) is 0 Å². The minimum absolute atomic E-state index is 0.139. The van der Waals surface area contributed by atoms with Gasteiger partial charge >= 0.3 is 0 Å². The summed E-state index contributed by atoms with van der Waals surface area (Å²) in [6, 6.07) is 4.07. The van der Waals surface area contributed by atoms with E-state index >= 15 is 0 Å². The van der Waals surface area contributed by atoms with E-state index in [-0.39, 0.29) is 29.7 Å². The summed E-state index contributed by atoms with van der Waals surface area (Å²) in [4.78, 5) is 0. The Balaban J connectivity index is 1.99. The summed E-state index contributed by atoms with van der Waals surface area (Å²) in [6.07, 6.45) is 2.09. The van der Waals surface area contributed by atoms with Gasteiger partial charge in [0.15, 0.2) is 0 Å². The van der Waals surface area contributed by atoms with Crippen molar-refractivity contribution in [2.75, 3.05) is 13.6 Å². The van der Waals surface area contributed by atoms with E-state index in [0.717, 1.165) is 17.1 Å². The molecule has 0 aliphatic heterocycles. The highest BCUT2D eigenvalue weighted by Gasteiger charge is 2.30. The van der Waals surface area contributed by atoms with Crippen molar-refractivity contribution in [3.63, 3.8) is 0 Å². The number of nitrogens with two attached hydrogens (primary N) is 1. The number of nitrogens with one attached hydrogen (secondary N) is 1. The third-order valence-corrected chi connectivity index (χ3v) is 5.42. The van der Waals surface area contributed by atoms with Crippen molar-refractivity contribution in [1.29, 1.82) is 0 Å². The summed E-state index contributed by atoms with van der Waals surface area (Å²) < 4.78 is 41.3. The van der Waals surface area contributed by atoms with Gasteiger partial charge in [0, 0.05) is 36.8 Å². The molecule has 1 atom stereocenters. The molecule has 8 heteroatoms. The van der Waals surface area contributed by atoms with Gasteiger partial charge in [0.25, 0.3) is 10.2 Å². The van der Waals surface area contributed by atoms with E-state index in [1.54, 1.807) is 0 Å². The highest BCUT2D eigenvalue weighted by molar-refractivity contribution is 7.87. The lowest BCUT2D eigenvalue weighted by Crippen LogP contribution is -2.44. The van der Waals surface area contributed by atoms with Crippen molar-refractivity contribution in [2.45, 2.75) is 25.4 Å². The van der Waals surface area contributed by atoms with Gasteiger partial charge in [-0.1, -0.05) is 17.7 Å². The number of hydrogen-bond acceptors (Lipinski definition) is 3. The summed E-state index contributed by atoms with van der Waals surface area (Å²) >= 11 is 5.90. The number of halogens is 2. The Morgan fingerprint density at radius 2 is 2.19 bits per heavy atom. The molecule has 0 spiro atoms. The van der Waals surface area contributed by atoms with E-state index in [4.69, 9.17) is 17.3 Å². The van der Waals surface area contributed by atoms with Gasteiger partial charge in [-0.15, -0.1) is 0 Å². The molecule has 1 aliphatic carbocycles. The molecule has 0 amide bonds. The van der Waals surface area contributed by atoms with Crippen molar-refractivity contribution >= 4 is 21.8 Å². The fourth-order valence-corrected chi connectivity index (χ4v) is 3.14. The van der Waals surface area contributed by atoms with Gasteiger partial charge in [0.2, 0.25) is 0 Å². The molecule has 5 nitrogen and oxygen atoms in total. The lowest BCUT2D eigenvalue weighted by Gasteiger charge is -2.20. The van der Waals surface area contributed by atoms with Crippen molar-refractivity contribution in [3.05, 3.63) is 34.6 Å². The monoisotopic (exact) mass is 335 g/mol. The molecule has 3 N–H and O–H groups in total. The second-order valence-corrected chi connectivity index (χ2v) is 7.58. The molecule has 1 saturated carbocycles. The first kappa shape index (κ1) is 16.6. The maximum absolute atomic E-state index is 13.7. The van der Waals surface area contributed by atoms with Crippen LogP contribution in [-0.4, -0.2) is 32.4 Å². The minimum atomic E-state index is -3.71. The minimum Gasteiger partial charge on any atom is -0.326 e. The average molecular weight is 336 g/mol. The summed E-state index contributed by atoms with van der Waals surface area (Å²) in [5.41, 5.74) is 6.01. The number of nitrogens with zero attached hydrogens (tertiary/aromatic N) is 1. The third kappa shape index (κ3) is 4.37. The van der Waals surface area contributed by atoms with Crippen LogP contribution in [0, 0.1) is 11.7 Å². The Hall–Kier alpha value is -0.730. The molecular weight excluding hydrogens is 317 g/mol. The van der Waals surface area contributed by atoms with Crippen molar-refractivity contribution in [1.82, 2.24) is 9.03 Å². The molecule has 1 unspecified atom stereocenters. The average Bonchev–Trinajstić information content (AvgIpc) is 3.24. The van der Waals surface area contributed by atoms with Gasteiger partial charge in [-0.05, 0) is 30.9 Å². The van der Waals surface area contributed by atoms with Crippen LogP contribution in [0.25, 0.3) is 0 Å². The van der Waals surface area contributed by atoms with Gasteiger partial charge in [-0.25, -0.2) is 9.11 Å². The van der Waals surface area contributed by atoms with Crippen LogP contribution < -0.4 is 10.5 Å². The molecule has 0 radical (unpaired) electrons. The second kappa shape index (κ2) is 6.58. The first-order chi connectivity index (χ1) is 9.81. The SMILES string of the molecule is CN(Cc1c(F)cccc1Cl)S(=O)(=O)NCC(N)C1CC1. The lowest BCUT2D eigenvalue weighted by molar-refractivity contribution is 0.440. The van der Waals surface area contributed by atoms with Crippen LogP contribution in [0.2, 0.25) is 5.02 Å². The molecule has 1 aliphatic rings. The van der Waals surface area contributed by atoms with Crippen LogP contribution in [-0.2, 0) is 16.8 Å². The molecule has 1 aromatic carbocycles. The first-order valence-corrected chi connectivity index (χ1v) is 8.52. The summed E-state index contributed by atoms with van der Waals surface area (Å²) in [5, 5.41) is 0.201. The highest BCUT2D eigenvalue weighted by Crippen LogP contribution is 2.31. The molecular formula is C13H19ClFN3O2S. The molecule has 0 saturated heterocycles. The van der Waals surface area contributed by atoms with Crippen LogP contribution in [0.1, 0.15) is 18.4 Å². The predicted molar refractivity (Wildman–Crippen MR) is 80.5 cm³/mol. The number of hydrogen-bond donors (Lipinski definition) is 2. The Morgan fingerprint density at radius 1 is 1.52 bits per heavy atom. The summed E-state index contributed by atoms with van der Waals surface area (Å²) in [6.45, 7) is 0.0435. The molecule has 0 bridgehead atoms. The molecule has 0 aromatic heterocycles. The zero-order valence-electron chi connectivity index (χ0n) is 11.7. The van der Waals surface area contributed by atoms with Crippen molar-refractivity contribution < 1.29 is 12.8 Å². The van der Waals surface area contributed by atoms with E-state index in [0.29, 0.717) is 5.92 Å². The van der Waals surface area contributed by atoms with Crippen molar-refractivity contribution in [2.24, 2.45) is 11.7 Å². The topological polar surface area (TPSA) is 75.4 Å². The van der Waals surface area contributed by atoms with E-state index in [1.807, 2.05) is 0 Å². The molecule has 21 heavy (non-hydrogen) atoms. The zero-order valence-corrected chi connectivity index (χ0v) is 13.3. The fourth-order valence-electron chi connectivity index (χ4n) is 1.99. The van der Waals surface area contributed by atoms with E-state index in [9.17, 15) is 12.8 Å². The van der Waals surface area contributed by atoms with E-state index < -0.39 is 16.0 Å². The maximum Gasteiger partial charge on any atom is 0.279 e. The standard InChI is InChI=1S/C13H19ClFN3O2S/c1-18(8-10-11(14)3-2-4-12(10)15)21(19,20)17-7-13(16)9-5-6-9/h2-4,9,13,17H,5-8,16H2,1H3. The largest absolute Gasteiger partial charge is 0.326 e. The first-order valence-electron chi connectivity index (χ1n) is 6.70.